The van der Waals surface area contributed by atoms with Gasteiger partial charge in [-0.2, -0.15) is 0 Å². The first-order valence-electron chi connectivity index (χ1n) is 3.15. The molecule has 0 aliphatic carbocycles. The van der Waals surface area contributed by atoms with Crippen molar-refractivity contribution < 1.29 is 14.6 Å². The zero-order valence-electron chi connectivity index (χ0n) is 5.54. The highest BCUT2D eigenvalue weighted by Gasteiger charge is 2.19. The molecule has 1 aliphatic rings. The summed E-state index contributed by atoms with van der Waals surface area (Å²) >= 11 is 0. The van der Waals surface area contributed by atoms with E-state index in [0.717, 1.165) is 6.42 Å². The molecule has 0 amide bonds. The molecule has 1 unspecified atom stereocenters. The lowest BCUT2D eigenvalue weighted by molar-refractivity contribution is -0.158. The maximum Gasteiger partial charge on any atom is 0.157 e. The second-order valence-electron chi connectivity index (χ2n) is 2.21. The Morgan fingerprint density at radius 1 is 1.67 bits per heavy atom. The molecular formula is C6H12O3. The highest BCUT2D eigenvalue weighted by Crippen LogP contribution is 2.13. The highest BCUT2D eigenvalue weighted by atomic mass is 16.6. The van der Waals surface area contributed by atoms with Gasteiger partial charge in [0.05, 0.1) is 12.7 Å². The van der Waals surface area contributed by atoms with Crippen molar-refractivity contribution in [3.63, 3.8) is 0 Å². The van der Waals surface area contributed by atoms with Gasteiger partial charge in [0, 0.05) is 13.5 Å². The van der Waals surface area contributed by atoms with Crippen LogP contribution in [0, 0.1) is 0 Å². The molecule has 1 fully saturated rings. The number of hydrogen-bond donors (Lipinski definition) is 1. The molecule has 0 saturated carbocycles. The van der Waals surface area contributed by atoms with E-state index in [0.29, 0.717) is 13.0 Å². The van der Waals surface area contributed by atoms with Crippen molar-refractivity contribution in [2.45, 2.75) is 25.2 Å². The minimum Gasteiger partial charge on any atom is -0.381 e. The van der Waals surface area contributed by atoms with Crippen LogP contribution in [0.5, 0.6) is 0 Å². The zero-order chi connectivity index (χ0) is 6.69. The number of rotatable bonds is 1. The Morgan fingerprint density at radius 2 is 2.44 bits per heavy atom. The van der Waals surface area contributed by atoms with Crippen LogP contribution < -0.4 is 0 Å². The number of ether oxygens (including phenoxy) is 2. The first kappa shape index (κ1) is 6.99. The Labute approximate surface area is 54.6 Å². The molecule has 0 radical (unpaired) electrons. The lowest BCUT2D eigenvalue weighted by Gasteiger charge is -2.24. The fourth-order valence-electron chi connectivity index (χ4n) is 0.960. The van der Waals surface area contributed by atoms with Crippen molar-refractivity contribution in [2.75, 3.05) is 13.7 Å². The normalized spacial score (nSPS) is 36.7. The van der Waals surface area contributed by atoms with Crippen molar-refractivity contribution >= 4 is 0 Å². The number of methoxy groups -OCH3 is 1. The SMILES string of the molecule is COC1CCO[C@@H](O)C1. The van der Waals surface area contributed by atoms with Crippen LogP contribution in [0.15, 0.2) is 0 Å². The fourth-order valence-corrected chi connectivity index (χ4v) is 0.960. The predicted octanol–water partition coefficient (Wildman–Crippen LogP) is 0.130. The molecule has 1 rings (SSSR count). The molecule has 0 aromatic carbocycles. The van der Waals surface area contributed by atoms with E-state index in [4.69, 9.17) is 14.6 Å². The Bertz CT molecular complexity index is 84.4. The fraction of sp³-hybridized carbons (Fsp3) is 1.00. The maximum absolute atomic E-state index is 8.91. The van der Waals surface area contributed by atoms with Gasteiger partial charge in [-0.05, 0) is 6.42 Å². The summed E-state index contributed by atoms with van der Waals surface area (Å²) in [6.07, 6.45) is 1.08. The topological polar surface area (TPSA) is 38.7 Å². The van der Waals surface area contributed by atoms with E-state index in [9.17, 15) is 0 Å². The lowest BCUT2D eigenvalue weighted by Crippen LogP contribution is -2.29. The van der Waals surface area contributed by atoms with Crippen molar-refractivity contribution in [1.29, 1.82) is 0 Å². The van der Waals surface area contributed by atoms with E-state index in [1.807, 2.05) is 0 Å². The third-order valence-electron chi connectivity index (χ3n) is 1.55. The van der Waals surface area contributed by atoms with Gasteiger partial charge in [0.25, 0.3) is 0 Å². The first-order valence-corrected chi connectivity index (χ1v) is 3.15. The summed E-state index contributed by atoms with van der Waals surface area (Å²) in [7, 11) is 1.66. The first-order chi connectivity index (χ1) is 4.33. The van der Waals surface area contributed by atoms with Crippen molar-refractivity contribution in [2.24, 2.45) is 0 Å². The second kappa shape index (κ2) is 3.15. The summed E-state index contributed by atoms with van der Waals surface area (Å²) in [4.78, 5) is 0. The average Bonchev–Trinajstić information content (AvgIpc) is 1.88. The molecule has 1 aliphatic heterocycles. The molecule has 9 heavy (non-hydrogen) atoms. The molecule has 1 heterocycles. The quantitative estimate of drug-likeness (QED) is 0.551. The molecule has 0 spiro atoms. The van der Waals surface area contributed by atoms with Crippen LogP contribution in [0.2, 0.25) is 0 Å². The smallest absolute Gasteiger partial charge is 0.157 e. The number of aliphatic hydroxyl groups excluding tert-OH is 1. The Balaban J connectivity index is 2.23. The number of hydrogen-bond acceptors (Lipinski definition) is 3. The van der Waals surface area contributed by atoms with Gasteiger partial charge in [-0.3, -0.25) is 0 Å². The molecule has 2 atom stereocenters. The minimum absolute atomic E-state index is 0.189. The largest absolute Gasteiger partial charge is 0.381 e. The van der Waals surface area contributed by atoms with Crippen LogP contribution >= 0.6 is 0 Å². The van der Waals surface area contributed by atoms with Gasteiger partial charge < -0.3 is 14.6 Å². The highest BCUT2D eigenvalue weighted by molar-refractivity contribution is 4.63. The molecule has 1 saturated heterocycles. The van der Waals surface area contributed by atoms with Gasteiger partial charge in [0.2, 0.25) is 0 Å². The summed E-state index contributed by atoms with van der Waals surface area (Å²) in [5.74, 6) is 0. The summed E-state index contributed by atoms with van der Waals surface area (Å²) in [6, 6.07) is 0. The third kappa shape index (κ3) is 1.93. The third-order valence-corrected chi connectivity index (χ3v) is 1.55. The van der Waals surface area contributed by atoms with E-state index in [2.05, 4.69) is 0 Å². The molecule has 0 aromatic heterocycles. The Morgan fingerprint density at radius 3 is 2.89 bits per heavy atom. The van der Waals surface area contributed by atoms with Crippen LogP contribution in [0.3, 0.4) is 0 Å². The van der Waals surface area contributed by atoms with Crippen LogP contribution in [0.25, 0.3) is 0 Å². The summed E-state index contributed by atoms with van der Waals surface area (Å²) in [6.45, 7) is 0.611. The Kier molecular flexibility index (Phi) is 2.45. The van der Waals surface area contributed by atoms with E-state index in [-0.39, 0.29) is 6.10 Å². The molecule has 3 nitrogen and oxygen atoms in total. The van der Waals surface area contributed by atoms with E-state index < -0.39 is 6.29 Å². The van der Waals surface area contributed by atoms with Crippen molar-refractivity contribution in [3.05, 3.63) is 0 Å². The van der Waals surface area contributed by atoms with Gasteiger partial charge >= 0.3 is 0 Å². The van der Waals surface area contributed by atoms with Crippen molar-refractivity contribution in [3.8, 4) is 0 Å². The van der Waals surface area contributed by atoms with Gasteiger partial charge in [-0.25, -0.2) is 0 Å². The molecule has 0 bridgehead atoms. The summed E-state index contributed by atoms with van der Waals surface area (Å²) < 4.78 is 9.91. The van der Waals surface area contributed by atoms with E-state index in [1.54, 1.807) is 7.11 Å². The zero-order valence-corrected chi connectivity index (χ0v) is 5.54. The maximum atomic E-state index is 8.91. The van der Waals surface area contributed by atoms with Crippen LogP contribution in [0.4, 0.5) is 0 Å². The molecular weight excluding hydrogens is 120 g/mol. The van der Waals surface area contributed by atoms with Crippen molar-refractivity contribution in [1.82, 2.24) is 0 Å². The van der Waals surface area contributed by atoms with Crippen LogP contribution in [-0.2, 0) is 9.47 Å². The lowest BCUT2D eigenvalue weighted by atomic mass is 10.1. The van der Waals surface area contributed by atoms with Gasteiger partial charge in [0.15, 0.2) is 6.29 Å². The standard InChI is InChI=1S/C6H12O3/c1-8-5-2-3-9-6(7)4-5/h5-7H,2-4H2,1H3/t5?,6-/m1/s1. The second-order valence-corrected chi connectivity index (χ2v) is 2.21. The Hall–Kier alpha value is -0.120. The van der Waals surface area contributed by atoms with E-state index in [1.165, 1.54) is 0 Å². The van der Waals surface area contributed by atoms with Crippen LogP contribution in [0.1, 0.15) is 12.8 Å². The molecule has 1 N–H and O–H groups in total. The number of aliphatic hydroxyl groups is 1. The molecule has 0 aromatic rings. The van der Waals surface area contributed by atoms with E-state index >= 15 is 0 Å². The predicted molar refractivity (Wildman–Crippen MR) is 32.0 cm³/mol. The average molecular weight is 132 g/mol. The summed E-state index contributed by atoms with van der Waals surface area (Å²) in [5, 5.41) is 8.91. The van der Waals surface area contributed by atoms with Crippen LogP contribution in [-0.4, -0.2) is 31.2 Å². The minimum atomic E-state index is -0.608. The van der Waals surface area contributed by atoms with Gasteiger partial charge in [0.1, 0.15) is 0 Å². The molecule has 3 heteroatoms. The molecule has 54 valence electrons. The summed E-state index contributed by atoms with van der Waals surface area (Å²) in [5.41, 5.74) is 0. The van der Waals surface area contributed by atoms with Gasteiger partial charge in [-0.15, -0.1) is 0 Å². The monoisotopic (exact) mass is 132 g/mol. The van der Waals surface area contributed by atoms with Gasteiger partial charge in [-0.1, -0.05) is 0 Å².